The molecule has 0 bridgehead atoms. The number of amides is 4. The van der Waals surface area contributed by atoms with Crippen molar-refractivity contribution in [1.82, 2.24) is 14.7 Å². The van der Waals surface area contributed by atoms with Gasteiger partial charge in [-0.3, -0.25) is 24.0 Å². The zero-order valence-corrected chi connectivity index (χ0v) is 20.1. The predicted octanol–water partition coefficient (Wildman–Crippen LogP) is 0.796. The molecule has 1 spiro atoms. The number of carbonyl (C=O) groups excluding carboxylic acids is 4. The van der Waals surface area contributed by atoms with Crippen LogP contribution in [0.25, 0.3) is 0 Å². The lowest BCUT2D eigenvalue weighted by Crippen LogP contribution is -2.61. The first-order valence-corrected chi connectivity index (χ1v) is 11.6. The summed E-state index contributed by atoms with van der Waals surface area (Å²) in [6, 6.07) is 10.3. The number of primary amides is 1. The second-order valence-corrected chi connectivity index (χ2v) is 8.88. The summed E-state index contributed by atoms with van der Waals surface area (Å²) in [5.74, 6) is -0.734. The van der Waals surface area contributed by atoms with E-state index < -0.39 is 5.54 Å². The van der Waals surface area contributed by atoms with Gasteiger partial charge in [0, 0.05) is 32.6 Å². The number of piperazine rings is 1. The van der Waals surface area contributed by atoms with Crippen molar-refractivity contribution in [2.45, 2.75) is 38.1 Å². The molecule has 4 rings (SSSR count). The largest absolute Gasteiger partial charge is 0.483 e. The Hall–Kier alpha value is -3.69. The van der Waals surface area contributed by atoms with Gasteiger partial charge in [0.1, 0.15) is 5.54 Å². The average Bonchev–Trinajstić information content (AvgIpc) is 3.47. The molecule has 2 aliphatic heterocycles. The average molecular weight is 487 g/mol. The van der Waals surface area contributed by atoms with Crippen LogP contribution in [-0.4, -0.2) is 88.2 Å². The van der Waals surface area contributed by atoms with Gasteiger partial charge >= 0.3 is 0 Å². The number of aryl methyl sites for hydroxylation is 1. The van der Waals surface area contributed by atoms with Gasteiger partial charge < -0.3 is 25.5 Å². The number of likely N-dealkylation sites (tertiary alicyclic amines) is 1. The predicted molar refractivity (Wildman–Crippen MR) is 129 cm³/mol. The van der Waals surface area contributed by atoms with E-state index in [2.05, 4.69) is 25.6 Å². The Morgan fingerprint density at radius 2 is 1.80 bits per heavy atom. The van der Waals surface area contributed by atoms with Crippen LogP contribution in [0.4, 0.5) is 0 Å². The molecule has 0 radical (unpaired) electrons. The third-order valence-corrected chi connectivity index (χ3v) is 6.35. The van der Waals surface area contributed by atoms with Crippen LogP contribution >= 0.6 is 0 Å². The Morgan fingerprint density at radius 3 is 2.29 bits per heavy atom. The van der Waals surface area contributed by atoms with Gasteiger partial charge in [-0.1, -0.05) is 42.5 Å². The van der Waals surface area contributed by atoms with E-state index in [9.17, 15) is 19.2 Å². The molecule has 35 heavy (non-hydrogen) atoms. The Labute approximate surface area is 205 Å². The minimum atomic E-state index is -0.761. The highest BCUT2D eigenvalue weighted by molar-refractivity contribution is 5.99. The van der Waals surface area contributed by atoms with E-state index in [-0.39, 0.29) is 49.0 Å². The fraction of sp³-hybridized carbons (Fsp3) is 0.480. The molecule has 1 aromatic carbocycles. The lowest BCUT2D eigenvalue weighted by molar-refractivity contribution is -0.154. The summed E-state index contributed by atoms with van der Waals surface area (Å²) < 4.78 is 0. The molecule has 10 heteroatoms. The summed E-state index contributed by atoms with van der Waals surface area (Å²) in [5, 5.41) is 6.89. The number of hydrogen-bond donors (Lipinski definition) is 2. The van der Waals surface area contributed by atoms with Gasteiger partial charge in [-0.2, -0.15) is 0 Å². The molecule has 4 amide bonds. The van der Waals surface area contributed by atoms with E-state index in [1.165, 1.54) is 11.6 Å². The van der Waals surface area contributed by atoms with Crippen LogP contribution in [0.2, 0.25) is 0 Å². The third-order valence-electron chi connectivity index (χ3n) is 6.35. The van der Waals surface area contributed by atoms with Crippen molar-refractivity contribution in [3.8, 4) is 0 Å². The summed E-state index contributed by atoms with van der Waals surface area (Å²) in [4.78, 5) is 61.4. The number of nitrogens with zero attached hydrogens (tertiary/aromatic N) is 3. The van der Waals surface area contributed by atoms with E-state index in [0.29, 0.717) is 39.0 Å². The van der Waals surface area contributed by atoms with Crippen molar-refractivity contribution in [3.63, 3.8) is 0 Å². The fourth-order valence-corrected chi connectivity index (χ4v) is 4.44. The SMILES string of the molecule is C=CC(=O)N1CCN(CC(=O)N2CCC(CC(N)=O)C2)C(=O)C12CC2.Cc1ccccc1.O=CO. The Morgan fingerprint density at radius 1 is 1.17 bits per heavy atom. The third kappa shape index (κ3) is 7.40. The van der Waals surface area contributed by atoms with E-state index in [4.69, 9.17) is 15.6 Å². The molecular weight excluding hydrogens is 452 g/mol. The highest BCUT2D eigenvalue weighted by atomic mass is 16.3. The molecule has 1 saturated carbocycles. The van der Waals surface area contributed by atoms with E-state index in [0.717, 1.165) is 6.42 Å². The molecule has 1 aliphatic carbocycles. The normalized spacial score (nSPS) is 19.6. The van der Waals surface area contributed by atoms with Gasteiger partial charge in [-0.25, -0.2) is 0 Å². The van der Waals surface area contributed by atoms with Gasteiger partial charge in [0.05, 0.1) is 6.54 Å². The van der Waals surface area contributed by atoms with E-state index >= 15 is 0 Å². The Kier molecular flexibility index (Phi) is 9.98. The number of benzene rings is 1. The van der Waals surface area contributed by atoms with Gasteiger partial charge in [-0.05, 0) is 38.2 Å². The monoisotopic (exact) mass is 486 g/mol. The van der Waals surface area contributed by atoms with Gasteiger partial charge in [-0.15, -0.1) is 0 Å². The van der Waals surface area contributed by atoms with Crippen molar-refractivity contribution in [2.75, 3.05) is 32.7 Å². The van der Waals surface area contributed by atoms with Crippen LogP contribution in [0.5, 0.6) is 0 Å². The summed E-state index contributed by atoms with van der Waals surface area (Å²) in [6.07, 6.45) is 3.56. The fourth-order valence-electron chi connectivity index (χ4n) is 4.44. The zero-order valence-electron chi connectivity index (χ0n) is 20.1. The maximum absolute atomic E-state index is 12.8. The van der Waals surface area contributed by atoms with Gasteiger partial charge in [0.15, 0.2) is 0 Å². The highest BCUT2D eigenvalue weighted by Crippen LogP contribution is 2.45. The minimum Gasteiger partial charge on any atom is -0.483 e. The molecule has 10 nitrogen and oxygen atoms in total. The summed E-state index contributed by atoms with van der Waals surface area (Å²) in [6.45, 7) is 7.23. The number of carbonyl (C=O) groups is 5. The molecule has 0 aromatic heterocycles. The molecule has 1 atom stereocenters. The maximum atomic E-state index is 12.8. The standard InChI is InChI=1S/C17H24N4O4.C7H8.CH2O2/c1-2-14(23)21-8-7-20(16(25)17(21)4-5-17)11-15(24)19-6-3-12(10-19)9-13(18)22;1-7-5-3-2-4-6-7;2-1-3/h2,12H,1,3-11H2,(H2,18,22);2-6H,1H3;1H,(H,2,3). The minimum absolute atomic E-state index is 0.0278. The number of carboxylic acid groups (broad SMARTS) is 1. The molecule has 1 aromatic rings. The maximum Gasteiger partial charge on any atom is 0.290 e. The van der Waals surface area contributed by atoms with Gasteiger partial charge in [0.2, 0.25) is 23.6 Å². The topological polar surface area (TPSA) is 141 Å². The molecule has 3 aliphatic rings. The molecular formula is C25H34N4O6. The number of rotatable bonds is 5. The second kappa shape index (κ2) is 12.7. The summed E-state index contributed by atoms with van der Waals surface area (Å²) in [7, 11) is 0. The molecule has 3 fully saturated rings. The van der Waals surface area contributed by atoms with Crippen LogP contribution in [0, 0.1) is 12.8 Å². The van der Waals surface area contributed by atoms with Crippen molar-refractivity contribution >= 4 is 30.1 Å². The van der Waals surface area contributed by atoms with Crippen LogP contribution < -0.4 is 5.73 Å². The molecule has 1 unspecified atom stereocenters. The zero-order chi connectivity index (χ0) is 26.0. The lowest BCUT2D eigenvalue weighted by Gasteiger charge is -2.41. The van der Waals surface area contributed by atoms with Crippen LogP contribution in [-0.2, 0) is 24.0 Å². The first kappa shape index (κ1) is 27.6. The quantitative estimate of drug-likeness (QED) is 0.466. The van der Waals surface area contributed by atoms with Crippen LogP contribution in [0.3, 0.4) is 0 Å². The van der Waals surface area contributed by atoms with Crippen molar-refractivity contribution in [2.24, 2.45) is 11.7 Å². The Bertz CT molecular complexity index is 931. The highest BCUT2D eigenvalue weighted by Gasteiger charge is 2.59. The molecule has 3 N–H and O–H groups in total. The molecule has 2 saturated heterocycles. The first-order valence-electron chi connectivity index (χ1n) is 11.6. The number of hydrogen-bond acceptors (Lipinski definition) is 5. The summed E-state index contributed by atoms with van der Waals surface area (Å²) in [5.41, 5.74) is 5.77. The van der Waals surface area contributed by atoms with Crippen molar-refractivity contribution < 1.29 is 29.1 Å². The second-order valence-electron chi connectivity index (χ2n) is 8.88. The first-order chi connectivity index (χ1) is 16.7. The van der Waals surface area contributed by atoms with E-state index in [1.54, 1.807) is 14.7 Å². The number of nitrogens with two attached hydrogens (primary N) is 1. The van der Waals surface area contributed by atoms with Crippen molar-refractivity contribution in [3.05, 3.63) is 48.6 Å². The Balaban J connectivity index is 0.000000361. The lowest BCUT2D eigenvalue weighted by atomic mass is 10.1. The smallest absolute Gasteiger partial charge is 0.290 e. The van der Waals surface area contributed by atoms with Gasteiger partial charge in [0.25, 0.3) is 6.47 Å². The van der Waals surface area contributed by atoms with Crippen molar-refractivity contribution in [1.29, 1.82) is 0 Å². The molecule has 190 valence electrons. The molecule has 2 heterocycles. The van der Waals surface area contributed by atoms with Crippen LogP contribution in [0.15, 0.2) is 43.0 Å². The summed E-state index contributed by atoms with van der Waals surface area (Å²) >= 11 is 0. The van der Waals surface area contributed by atoms with Crippen LogP contribution in [0.1, 0.15) is 31.2 Å². The van der Waals surface area contributed by atoms with E-state index in [1.807, 2.05) is 18.2 Å².